The number of nitrogens with one attached hydrogen (secondary N) is 1. The van der Waals surface area contributed by atoms with E-state index in [4.69, 9.17) is 16.3 Å². The van der Waals surface area contributed by atoms with Crippen molar-refractivity contribution >= 4 is 11.6 Å². The molecule has 20 heavy (non-hydrogen) atoms. The van der Waals surface area contributed by atoms with Gasteiger partial charge in [-0.05, 0) is 55.8 Å². The zero-order valence-electron chi connectivity index (χ0n) is 12.1. The molecule has 0 bridgehead atoms. The highest BCUT2D eigenvalue weighted by molar-refractivity contribution is 6.30. The van der Waals surface area contributed by atoms with Crippen molar-refractivity contribution < 1.29 is 4.74 Å². The molecule has 3 heteroatoms. The van der Waals surface area contributed by atoms with Gasteiger partial charge >= 0.3 is 0 Å². The smallest absolute Gasteiger partial charge is 0.122 e. The summed E-state index contributed by atoms with van der Waals surface area (Å²) >= 11 is 5.97. The fourth-order valence-electron chi connectivity index (χ4n) is 2.06. The Labute approximate surface area is 125 Å². The minimum atomic E-state index is 0.343. The van der Waals surface area contributed by atoms with E-state index in [1.165, 1.54) is 5.56 Å². The highest BCUT2D eigenvalue weighted by Gasteiger charge is 2.06. The molecule has 0 saturated heterocycles. The normalized spacial score (nSPS) is 12.2. The first-order valence-electron chi connectivity index (χ1n) is 6.75. The van der Waals surface area contributed by atoms with E-state index in [1.807, 2.05) is 37.4 Å². The molecule has 0 amide bonds. The van der Waals surface area contributed by atoms with Gasteiger partial charge in [0.15, 0.2) is 0 Å². The molecule has 0 aliphatic carbocycles. The lowest BCUT2D eigenvalue weighted by atomic mass is 10.1. The lowest BCUT2D eigenvalue weighted by Gasteiger charge is -2.14. The van der Waals surface area contributed by atoms with Gasteiger partial charge in [0.25, 0.3) is 0 Å². The van der Waals surface area contributed by atoms with Crippen molar-refractivity contribution in [3.05, 3.63) is 64.2 Å². The molecule has 0 fully saturated rings. The Bertz CT molecular complexity index is 583. The van der Waals surface area contributed by atoms with E-state index in [2.05, 4.69) is 31.3 Å². The summed E-state index contributed by atoms with van der Waals surface area (Å²) in [5.41, 5.74) is 3.48. The van der Waals surface area contributed by atoms with Gasteiger partial charge in [0.2, 0.25) is 0 Å². The molecular weight excluding hydrogens is 270 g/mol. The van der Waals surface area contributed by atoms with Gasteiger partial charge in [-0.15, -0.1) is 0 Å². The molecule has 0 aliphatic rings. The third-order valence-corrected chi connectivity index (χ3v) is 3.65. The van der Waals surface area contributed by atoms with Gasteiger partial charge in [-0.25, -0.2) is 0 Å². The first-order chi connectivity index (χ1) is 9.60. The monoisotopic (exact) mass is 289 g/mol. The van der Waals surface area contributed by atoms with Gasteiger partial charge in [-0.1, -0.05) is 35.9 Å². The fraction of sp³-hybridized carbons (Fsp3) is 0.294. The number of hydrogen-bond donors (Lipinski definition) is 1. The number of rotatable bonds is 5. The predicted octanol–water partition coefficient (Wildman–Crippen LogP) is 4.51. The summed E-state index contributed by atoms with van der Waals surface area (Å²) in [6, 6.07) is 14.4. The number of halogens is 1. The standard InChI is InChI=1S/C17H20ClNO/c1-12-9-15(13(2)19-3)7-8-17(12)20-11-14-5-4-6-16(18)10-14/h4-10,13,19H,11H2,1-3H3. The zero-order chi connectivity index (χ0) is 14.5. The van der Waals surface area contributed by atoms with Crippen molar-refractivity contribution in [1.82, 2.24) is 5.32 Å². The molecule has 1 atom stereocenters. The quantitative estimate of drug-likeness (QED) is 0.874. The predicted molar refractivity (Wildman–Crippen MR) is 84.4 cm³/mol. The highest BCUT2D eigenvalue weighted by atomic mass is 35.5. The van der Waals surface area contributed by atoms with Gasteiger partial charge in [-0.3, -0.25) is 0 Å². The van der Waals surface area contributed by atoms with E-state index in [0.29, 0.717) is 12.6 Å². The van der Waals surface area contributed by atoms with Crippen LogP contribution in [0.15, 0.2) is 42.5 Å². The van der Waals surface area contributed by atoms with E-state index in [-0.39, 0.29) is 0 Å². The van der Waals surface area contributed by atoms with E-state index in [1.54, 1.807) is 0 Å². The van der Waals surface area contributed by atoms with Crippen molar-refractivity contribution in [3.63, 3.8) is 0 Å². The third-order valence-electron chi connectivity index (χ3n) is 3.42. The maximum Gasteiger partial charge on any atom is 0.122 e. The van der Waals surface area contributed by atoms with Crippen molar-refractivity contribution in [2.75, 3.05) is 7.05 Å². The maximum atomic E-state index is 5.97. The van der Waals surface area contributed by atoms with E-state index < -0.39 is 0 Å². The molecule has 2 aromatic rings. The molecule has 0 spiro atoms. The molecule has 0 saturated carbocycles. The van der Waals surface area contributed by atoms with Gasteiger partial charge in [0, 0.05) is 11.1 Å². The average molecular weight is 290 g/mol. The SMILES string of the molecule is CNC(C)c1ccc(OCc2cccc(Cl)c2)c(C)c1. The number of ether oxygens (including phenoxy) is 1. The molecule has 106 valence electrons. The van der Waals surface area contributed by atoms with Crippen molar-refractivity contribution in [1.29, 1.82) is 0 Å². The summed E-state index contributed by atoms with van der Waals surface area (Å²) in [7, 11) is 1.96. The summed E-state index contributed by atoms with van der Waals surface area (Å²) in [4.78, 5) is 0. The second-order valence-electron chi connectivity index (χ2n) is 4.95. The molecule has 0 aliphatic heterocycles. The van der Waals surface area contributed by atoms with Crippen LogP contribution >= 0.6 is 11.6 Å². The first kappa shape index (κ1) is 14.9. The zero-order valence-corrected chi connectivity index (χ0v) is 12.9. The number of hydrogen-bond acceptors (Lipinski definition) is 2. The van der Waals surface area contributed by atoms with Crippen LogP contribution < -0.4 is 10.1 Å². The summed E-state index contributed by atoms with van der Waals surface area (Å²) in [6.07, 6.45) is 0. The average Bonchev–Trinajstić information content (AvgIpc) is 2.45. The molecule has 1 N–H and O–H groups in total. The van der Waals surface area contributed by atoms with Crippen molar-refractivity contribution in [3.8, 4) is 5.75 Å². The summed E-state index contributed by atoms with van der Waals surface area (Å²) in [5, 5.41) is 3.97. The van der Waals surface area contributed by atoms with Crippen molar-refractivity contribution in [2.24, 2.45) is 0 Å². The Morgan fingerprint density at radius 3 is 2.65 bits per heavy atom. The van der Waals surface area contributed by atoms with Crippen LogP contribution in [-0.2, 0) is 6.61 Å². The van der Waals surface area contributed by atoms with Gasteiger partial charge in [0.05, 0.1) is 0 Å². The fourth-order valence-corrected chi connectivity index (χ4v) is 2.27. The minimum absolute atomic E-state index is 0.343. The Morgan fingerprint density at radius 1 is 1.20 bits per heavy atom. The highest BCUT2D eigenvalue weighted by Crippen LogP contribution is 2.23. The van der Waals surface area contributed by atoms with E-state index in [0.717, 1.165) is 21.9 Å². The second kappa shape index (κ2) is 6.78. The Balaban J connectivity index is 2.07. The Morgan fingerprint density at radius 2 is 2.00 bits per heavy atom. The molecular formula is C17H20ClNO. The second-order valence-corrected chi connectivity index (χ2v) is 5.39. The van der Waals surface area contributed by atoms with E-state index >= 15 is 0 Å². The van der Waals surface area contributed by atoms with Crippen LogP contribution in [0.25, 0.3) is 0 Å². The molecule has 0 aromatic heterocycles. The van der Waals surface area contributed by atoms with Crippen LogP contribution in [0.5, 0.6) is 5.75 Å². The van der Waals surface area contributed by atoms with Crippen LogP contribution in [0.4, 0.5) is 0 Å². The number of aryl methyl sites for hydroxylation is 1. The molecule has 2 aromatic carbocycles. The van der Waals surface area contributed by atoms with Crippen LogP contribution in [0.2, 0.25) is 5.02 Å². The van der Waals surface area contributed by atoms with Crippen LogP contribution in [0, 0.1) is 6.92 Å². The lowest BCUT2D eigenvalue weighted by Crippen LogP contribution is -2.12. The lowest BCUT2D eigenvalue weighted by molar-refractivity contribution is 0.304. The van der Waals surface area contributed by atoms with Gasteiger partial charge < -0.3 is 10.1 Å². The molecule has 1 unspecified atom stereocenters. The molecule has 0 radical (unpaired) electrons. The summed E-state index contributed by atoms with van der Waals surface area (Å²) < 4.78 is 5.87. The van der Waals surface area contributed by atoms with Crippen LogP contribution in [-0.4, -0.2) is 7.05 Å². The first-order valence-corrected chi connectivity index (χ1v) is 7.13. The Hall–Kier alpha value is -1.51. The summed E-state index contributed by atoms with van der Waals surface area (Å²) in [6.45, 7) is 4.74. The minimum Gasteiger partial charge on any atom is -0.489 e. The number of benzene rings is 2. The molecule has 2 rings (SSSR count). The van der Waals surface area contributed by atoms with E-state index in [9.17, 15) is 0 Å². The van der Waals surface area contributed by atoms with Gasteiger partial charge in [-0.2, -0.15) is 0 Å². The Kier molecular flexibility index (Phi) is 5.05. The molecule has 0 heterocycles. The van der Waals surface area contributed by atoms with Crippen LogP contribution in [0.3, 0.4) is 0 Å². The van der Waals surface area contributed by atoms with Gasteiger partial charge in [0.1, 0.15) is 12.4 Å². The van der Waals surface area contributed by atoms with Crippen LogP contribution in [0.1, 0.15) is 29.7 Å². The summed E-state index contributed by atoms with van der Waals surface area (Å²) in [5.74, 6) is 0.914. The molecule has 2 nitrogen and oxygen atoms in total. The maximum absolute atomic E-state index is 5.97. The van der Waals surface area contributed by atoms with Crippen molar-refractivity contribution in [2.45, 2.75) is 26.5 Å². The largest absolute Gasteiger partial charge is 0.489 e. The topological polar surface area (TPSA) is 21.3 Å². The third kappa shape index (κ3) is 3.75.